The fraction of sp³-hybridized carbons (Fsp3) is 0.0833. The summed E-state index contributed by atoms with van der Waals surface area (Å²) >= 11 is 0. The number of rotatable bonds is 2. The number of alkyl halides is 3. The van der Waals surface area contributed by atoms with Crippen molar-refractivity contribution < 1.29 is 23.1 Å². The fourth-order valence-electron chi connectivity index (χ4n) is 1.53. The van der Waals surface area contributed by atoms with Crippen LogP contribution in [0.4, 0.5) is 13.2 Å². The van der Waals surface area contributed by atoms with Crippen molar-refractivity contribution in [3.8, 4) is 11.3 Å². The van der Waals surface area contributed by atoms with Crippen LogP contribution in [0.25, 0.3) is 11.3 Å². The van der Waals surface area contributed by atoms with Crippen molar-refractivity contribution in [2.24, 2.45) is 0 Å². The molecule has 0 atom stereocenters. The van der Waals surface area contributed by atoms with Crippen molar-refractivity contribution in [1.82, 2.24) is 9.97 Å². The van der Waals surface area contributed by atoms with Crippen LogP contribution >= 0.6 is 0 Å². The fourth-order valence-corrected chi connectivity index (χ4v) is 1.53. The van der Waals surface area contributed by atoms with Crippen LogP contribution in [0.1, 0.15) is 16.1 Å². The number of carboxylic acid groups (broad SMARTS) is 1. The van der Waals surface area contributed by atoms with Crippen LogP contribution in [0.15, 0.2) is 36.7 Å². The van der Waals surface area contributed by atoms with Gasteiger partial charge in [0.2, 0.25) is 0 Å². The molecule has 0 amide bonds. The average Bonchev–Trinajstić information content (AvgIpc) is 2.38. The first-order valence-corrected chi connectivity index (χ1v) is 5.11. The standard InChI is InChI=1S/C12H7F3N2O2/c13-12(14,15)8-3-4-9(11(18)19)17-10(8)7-2-1-5-16-6-7/h1-6H,(H,18,19). The average molecular weight is 268 g/mol. The van der Waals surface area contributed by atoms with Crippen LogP contribution < -0.4 is 0 Å². The highest BCUT2D eigenvalue weighted by Crippen LogP contribution is 2.35. The van der Waals surface area contributed by atoms with Gasteiger partial charge in [-0.2, -0.15) is 13.2 Å². The highest BCUT2D eigenvalue weighted by Gasteiger charge is 2.35. The first-order chi connectivity index (χ1) is 8.89. The number of pyridine rings is 2. The van der Waals surface area contributed by atoms with Gasteiger partial charge >= 0.3 is 12.1 Å². The molecular formula is C12H7F3N2O2. The molecule has 0 saturated carbocycles. The molecule has 0 aliphatic rings. The van der Waals surface area contributed by atoms with Gasteiger partial charge in [-0.3, -0.25) is 4.98 Å². The molecule has 2 aromatic heterocycles. The minimum absolute atomic E-state index is 0.109. The highest BCUT2D eigenvalue weighted by atomic mass is 19.4. The molecule has 0 radical (unpaired) electrons. The van der Waals surface area contributed by atoms with Gasteiger partial charge < -0.3 is 5.11 Å². The molecule has 2 aromatic rings. The second-order valence-electron chi connectivity index (χ2n) is 3.64. The topological polar surface area (TPSA) is 63.1 Å². The van der Waals surface area contributed by atoms with Crippen LogP contribution in [-0.2, 0) is 6.18 Å². The number of carbonyl (C=O) groups is 1. The molecule has 19 heavy (non-hydrogen) atoms. The van der Waals surface area contributed by atoms with Gasteiger partial charge in [0.1, 0.15) is 5.69 Å². The molecule has 4 nitrogen and oxygen atoms in total. The van der Waals surface area contributed by atoms with E-state index in [4.69, 9.17) is 5.11 Å². The van der Waals surface area contributed by atoms with Crippen molar-refractivity contribution in [2.45, 2.75) is 6.18 Å². The van der Waals surface area contributed by atoms with E-state index >= 15 is 0 Å². The molecule has 0 unspecified atom stereocenters. The molecule has 0 aliphatic carbocycles. The molecule has 0 aliphatic heterocycles. The minimum Gasteiger partial charge on any atom is -0.477 e. The number of aromatic nitrogens is 2. The number of aromatic carboxylic acids is 1. The summed E-state index contributed by atoms with van der Waals surface area (Å²) in [6.45, 7) is 0. The van der Waals surface area contributed by atoms with Gasteiger partial charge in [0.25, 0.3) is 0 Å². The molecule has 0 aromatic carbocycles. The minimum atomic E-state index is -4.62. The molecular weight excluding hydrogens is 261 g/mol. The molecule has 7 heteroatoms. The number of hydrogen-bond acceptors (Lipinski definition) is 3. The predicted molar refractivity (Wildman–Crippen MR) is 59.4 cm³/mol. The SMILES string of the molecule is O=C(O)c1ccc(C(F)(F)F)c(-c2cccnc2)n1. The van der Waals surface area contributed by atoms with E-state index in [1.807, 2.05) is 0 Å². The Labute approximate surface area is 105 Å². The summed E-state index contributed by atoms with van der Waals surface area (Å²) in [6, 6.07) is 4.37. The van der Waals surface area contributed by atoms with Gasteiger partial charge in [0.15, 0.2) is 0 Å². The van der Waals surface area contributed by atoms with Crippen molar-refractivity contribution in [2.75, 3.05) is 0 Å². The number of hydrogen-bond donors (Lipinski definition) is 1. The van der Waals surface area contributed by atoms with Gasteiger partial charge in [0.05, 0.1) is 11.3 Å². The van der Waals surface area contributed by atoms with E-state index in [0.29, 0.717) is 6.07 Å². The van der Waals surface area contributed by atoms with Crippen molar-refractivity contribution in [3.63, 3.8) is 0 Å². The normalized spacial score (nSPS) is 11.3. The third-order valence-corrected chi connectivity index (χ3v) is 2.35. The van der Waals surface area contributed by atoms with Crippen LogP contribution in [0, 0.1) is 0 Å². The van der Waals surface area contributed by atoms with Crippen molar-refractivity contribution in [3.05, 3.63) is 47.9 Å². The lowest BCUT2D eigenvalue weighted by Gasteiger charge is -2.12. The highest BCUT2D eigenvalue weighted by molar-refractivity contribution is 5.86. The molecule has 0 spiro atoms. The summed E-state index contributed by atoms with van der Waals surface area (Å²) in [5, 5.41) is 8.79. The largest absolute Gasteiger partial charge is 0.477 e. The Bertz CT molecular complexity index is 612. The zero-order chi connectivity index (χ0) is 14.0. The van der Waals surface area contributed by atoms with E-state index in [2.05, 4.69) is 9.97 Å². The Hall–Kier alpha value is -2.44. The Kier molecular flexibility index (Phi) is 3.20. The molecule has 0 bridgehead atoms. The van der Waals surface area contributed by atoms with E-state index in [-0.39, 0.29) is 5.56 Å². The summed E-state index contributed by atoms with van der Waals surface area (Å²) in [4.78, 5) is 18.0. The maximum atomic E-state index is 12.9. The summed E-state index contributed by atoms with van der Waals surface area (Å²) in [7, 11) is 0. The van der Waals surface area contributed by atoms with Crippen molar-refractivity contribution >= 4 is 5.97 Å². The smallest absolute Gasteiger partial charge is 0.418 e. The number of halogens is 3. The summed E-state index contributed by atoms with van der Waals surface area (Å²) < 4.78 is 38.6. The molecule has 1 N–H and O–H groups in total. The van der Waals surface area contributed by atoms with Gasteiger partial charge in [-0.25, -0.2) is 9.78 Å². The first kappa shape index (κ1) is 13.0. The lowest BCUT2D eigenvalue weighted by atomic mass is 10.1. The maximum absolute atomic E-state index is 12.9. The van der Waals surface area contributed by atoms with Crippen molar-refractivity contribution in [1.29, 1.82) is 0 Å². The summed E-state index contributed by atoms with van der Waals surface area (Å²) in [6.07, 6.45) is -2.02. The van der Waals surface area contributed by atoms with Crippen LogP contribution in [0.2, 0.25) is 0 Å². The quantitative estimate of drug-likeness (QED) is 0.909. The third-order valence-electron chi connectivity index (χ3n) is 2.35. The van der Waals surface area contributed by atoms with Crippen LogP contribution in [0.3, 0.4) is 0 Å². The Balaban J connectivity index is 2.67. The molecule has 0 saturated heterocycles. The molecule has 2 heterocycles. The second kappa shape index (κ2) is 4.68. The number of carboxylic acids is 1. The van der Waals surface area contributed by atoms with Gasteiger partial charge in [-0.15, -0.1) is 0 Å². The van der Waals surface area contributed by atoms with Crippen LogP contribution in [0.5, 0.6) is 0 Å². The molecule has 0 fully saturated rings. The molecule has 98 valence electrons. The maximum Gasteiger partial charge on any atom is 0.418 e. The lowest BCUT2D eigenvalue weighted by Crippen LogP contribution is -2.11. The predicted octanol–water partition coefficient (Wildman–Crippen LogP) is 2.86. The zero-order valence-corrected chi connectivity index (χ0v) is 9.35. The monoisotopic (exact) mass is 268 g/mol. The van der Waals surface area contributed by atoms with E-state index < -0.39 is 29.1 Å². The van der Waals surface area contributed by atoms with Gasteiger partial charge in [0, 0.05) is 18.0 Å². The van der Waals surface area contributed by atoms with Gasteiger partial charge in [-0.05, 0) is 24.3 Å². The van der Waals surface area contributed by atoms with E-state index in [0.717, 1.165) is 6.07 Å². The Morgan fingerprint density at radius 2 is 1.95 bits per heavy atom. The second-order valence-corrected chi connectivity index (χ2v) is 3.64. The third kappa shape index (κ3) is 2.70. The van der Waals surface area contributed by atoms with E-state index in [1.54, 1.807) is 0 Å². The van der Waals surface area contributed by atoms with Crippen LogP contribution in [-0.4, -0.2) is 21.0 Å². The summed E-state index contributed by atoms with van der Waals surface area (Å²) in [5.74, 6) is -1.39. The van der Waals surface area contributed by atoms with E-state index in [1.165, 1.54) is 24.5 Å². The Morgan fingerprint density at radius 1 is 1.21 bits per heavy atom. The Morgan fingerprint density at radius 3 is 2.47 bits per heavy atom. The zero-order valence-electron chi connectivity index (χ0n) is 9.35. The first-order valence-electron chi connectivity index (χ1n) is 5.11. The van der Waals surface area contributed by atoms with Gasteiger partial charge in [-0.1, -0.05) is 0 Å². The van der Waals surface area contributed by atoms with E-state index in [9.17, 15) is 18.0 Å². The lowest BCUT2D eigenvalue weighted by molar-refractivity contribution is -0.137. The summed E-state index contributed by atoms with van der Waals surface area (Å²) in [5.41, 5.74) is -1.78. The number of nitrogens with zero attached hydrogens (tertiary/aromatic N) is 2. The molecule has 2 rings (SSSR count).